The fraction of sp³-hybridized carbons (Fsp3) is 0.0566. The smallest absolute Gasteiger partial charge is 0.0547 e. The number of aromatic nitrogens is 2. The minimum atomic E-state index is -0.0874. The Morgan fingerprint density at radius 1 is 0.345 bits per heavy atom. The Kier molecular flexibility index (Phi) is 6.15. The van der Waals surface area contributed by atoms with Gasteiger partial charge < -0.3 is 9.13 Å². The Labute approximate surface area is 319 Å². The minimum absolute atomic E-state index is 0.0874. The van der Waals surface area contributed by atoms with E-state index in [1.54, 1.807) is 0 Å². The van der Waals surface area contributed by atoms with Crippen LogP contribution in [0, 0.1) is 0 Å². The lowest BCUT2D eigenvalue weighted by Gasteiger charge is -2.21. The molecule has 0 saturated carbocycles. The fourth-order valence-corrected chi connectivity index (χ4v) is 9.80. The van der Waals surface area contributed by atoms with Gasteiger partial charge in [0.05, 0.1) is 27.8 Å². The van der Waals surface area contributed by atoms with E-state index in [9.17, 15) is 0 Å². The minimum Gasteiger partial charge on any atom is -0.309 e. The standard InChI is InChI=1S/C53H36N2/c1-53(2)46-19-9-7-17-40(46)42-32-52-45(31-47(42)53)44-30-37(24-27-51(44)55(52)48-21-11-15-34-13-5-6-16-39(34)48)36-23-26-50-43(29-36)41-18-8-10-20-49(41)54(50)38-25-22-33-12-3-4-14-35(33)28-38/h3-32H,1-2H3. The van der Waals surface area contributed by atoms with E-state index < -0.39 is 0 Å². The highest BCUT2D eigenvalue weighted by atomic mass is 15.0. The molecule has 0 radical (unpaired) electrons. The molecule has 12 rings (SSSR count). The molecule has 0 bridgehead atoms. The van der Waals surface area contributed by atoms with E-state index in [1.165, 1.54) is 110 Å². The van der Waals surface area contributed by atoms with Crippen molar-refractivity contribution in [2.24, 2.45) is 0 Å². The van der Waals surface area contributed by atoms with E-state index in [2.05, 4.69) is 205 Å². The molecule has 0 aliphatic heterocycles. The van der Waals surface area contributed by atoms with Gasteiger partial charge in [0.25, 0.3) is 0 Å². The summed E-state index contributed by atoms with van der Waals surface area (Å²) in [5.74, 6) is 0. The van der Waals surface area contributed by atoms with Crippen LogP contribution < -0.4 is 0 Å². The zero-order chi connectivity index (χ0) is 36.4. The Bertz CT molecular complexity index is 3400. The van der Waals surface area contributed by atoms with Crippen LogP contribution in [0.1, 0.15) is 25.0 Å². The fourth-order valence-electron chi connectivity index (χ4n) is 9.80. The first-order chi connectivity index (χ1) is 27.0. The lowest BCUT2D eigenvalue weighted by molar-refractivity contribution is 0.661. The largest absolute Gasteiger partial charge is 0.309 e. The summed E-state index contributed by atoms with van der Waals surface area (Å²) in [6.07, 6.45) is 0. The number of rotatable bonds is 3. The lowest BCUT2D eigenvalue weighted by atomic mass is 9.82. The summed E-state index contributed by atoms with van der Waals surface area (Å²) in [6.45, 7) is 4.75. The molecule has 1 aliphatic rings. The van der Waals surface area contributed by atoms with E-state index in [0.29, 0.717) is 0 Å². The van der Waals surface area contributed by atoms with Crippen LogP contribution in [0.25, 0.3) is 98.8 Å². The summed E-state index contributed by atoms with van der Waals surface area (Å²) in [4.78, 5) is 0. The monoisotopic (exact) mass is 700 g/mol. The van der Waals surface area contributed by atoms with Crippen LogP contribution in [0.5, 0.6) is 0 Å². The van der Waals surface area contributed by atoms with Gasteiger partial charge in [-0.2, -0.15) is 0 Å². The quantitative estimate of drug-likeness (QED) is 0.174. The zero-order valence-electron chi connectivity index (χ0n) is 30.7. The van der Waals surface area contributed by atoms with Gasteiger partial charge in [-0.1, -0.05) is 135 Å². The number of fused-ring (bicyclic) bond motifs is 11. The van der Waals surface area contributed by atoms with Gasteiger partial charge in [0.15, 0.2) is 0 Å². The normalized spacial score (nSPS) is 13.4. The van der Waals surface area contributed by atoms with Gasteiger partial charge >= 0.3 is 0 Å². The molecule has 0 atom stereocenters. The molecule has 0 fully saturated rings. The van der Waals surface area contributed by atoms with E-state index in [-0.39, 0.29) is 5.41 Å². The van der Waals surface area contributed by atoms with Crippen LogP contribution in [-0.4, -0.2) is 9.13 Å². The summed E-state index contributed by atoms with van der Waals surface area (Å²) in [7, 11) is 0. The third-order valence-electron chi connectivity index (χ3n) is 12.5. The first kappa shape index (κ1) is 30.6. The second-order valence-corrected chi connectivity index (χ2v) is 15.8. The third-order valence-corrected chi connectivity index (χ3v) is 12.5. The molecule has 258 valence electrons. The molecule has 0 amide bonds. The number of para-hydroxylation sites is 1. The SMILES string of the molecule is CC1(C)c2ccccc2-c2cc3c(cc21)c1cc(-c2ccc4c(c2)c2ccccc2n4-c2ccc4ccccc4c2)ccc1n3-c1cccc2ccccc12. The molecule has 11 aromatic rings. The highest BCUT2D eigenvalue weighted by Crippen LogP contribution is 2.51. The molecule has 0 spiro atoms. The topological polar surface area (TPSA) is 9.86 Å². The summed E-state index contributed by atoms with van der Waals surface area (Å²) >= 11 is 0. The first-order valence-electron chi connectivity index (χ1n) is 19.3. The van der Waals surface area contributed by atoms with Crippen LogP contribution in [0.3, 0.4) is 0 Å². The maximum absolute atomic E-state index is 2.51. The molecule has 1 aliphatic carbocycles. The van der Waals surface area contributed by atoms with Gasteiger partial charge in [0.2, 0.25) is 0 Å². The van der Waals surface area contributed by atoms with Gasteiger partial charge in [-0.3, -0.25) is 0 Å². The van der Waals surface area contributed by atoms with Gasteiger partial charge in [0.1, 0.15) is 0 Å². The summed E-state index contributed by atoms with van der Waals surface area (Å²) in [5, 5.41) is 10.1. The Hall–Kier alpha value is -6.90. The van der Waals surface area contributed by atoms with Crippen molar-refractivity contribution in [2.45, 2.75) is 19.3 Å². The highest BCUT2D eigenvalue weighted by Gasteiger charge is 2.36. The Morgan fingerprint density at radius 3 is 1.80 bits per heavy atom. The second kappa shape index (κ2) is 11.1. The van der Waals surface area contributed by atoms with Crippen LogP contribution in [-0.2, 0) is 5.41 Å². The molecule has 55 heavy (non-hydrogen) atoms. The van der Waals surface area contributed by atoms with Crippen molar-refractivity contribution in [3.63, 3.8) is 0 Å². The molecule has 0 N–H and O–H groups in total. The maximum Gasteiger partial charge on any atom is 0.0547 e. The van der Waals surface area contributed by atoms with Gasteiger partial charge in [-0.05, 0) is 110 Å². The van der Waals surface area contributed by atoms with Crippen molar-refractivity contribution in [1.82, 2.24) is 9.13 Å². The average molecular weight is 701 g/mol. The van der Waals surface area contributed by atoms with Crippen LogP contribution in [0.15, 0.2) is 182 Å². The van der Waals surface area contributed by atoms with Crippen molar-refractivity contribution in [3.05, 3.63) is 193 Å². The van der Waals surface area contributed by atoms with Crippen molar-refractivity contribution in [1.29, 1.82) is 0 Å². The van der Waals surface area contributed by atoms with Crippen molar-refractivity contribution in [3.8, 4) is 33.6 Å². The molecule has 2 heteroatoms. The molecule has 0 unspecified atom stereocenters. The van der Waals surface area contributed by atoms with Crippen LogP contribution in [0.2, 0.25) is 0 Å². The van der Waals surface area contributed by atoms with Crippen molar-refractivity contribution < 1.29 is 0 Å². The first-order valence-corrected chi connectivity index (χ1v) is 19.3. The second-order valence-electron chi connectivity index (χ2n) is 15.8. The number of nitrogens with zero attached hydrogens (tertiary/aromatic N) is 2. The number of benzene rings is 9. The highest BCUT2D eigenvalue weighted by molar-refractivity contribution is 6.15. The molecule has 2 aromatic heterocycles. The van der Waals surface area contributed by atoms with E-state index in [1.807, 2.05) is 0 Å². The van der Waals surface area contributed by atoms with Crippen molar-refractivity contribution >= 4 is 65.2 Å². The summed E-state index contributed by atoms with van der Waals surface area (Å²) in [5.41, 5.74) is 15.1. The van der Waals surface area contributed by atoms with Gasteiger partial charge in [0, 0.05) is 38.0 Å². The average Bonchev–Trinajstić information content (AvgIpc) is 3.82. The predicted octanol–water partition coefficient (Wildman–Crippen LogP) is 14.2. The summed E-state index contributed by atoms with van der Waals surface area (Å²) < 4.78 is 4.92. The zero-order valence-corrected chi connectivity index (χ0v) is 30.7. The molecular formula is C53H36N2. The van der Waals surface area contributed by atoms with E-state index in [4.69, 9.17) is 0 Å². The van der Waals surface area contributed by atoms with Crippen molar-refractivity contribution in [2.75, 3.05) is 0 Å². The lowest BCUT2D eigenvalue weighted by Crippen LogP contribution is -2.14. The van der Waals surface area contributed by atoms with Crippen LogP contribution >= 0.6 is 0 Å². The third kappa shape index (κ3) is 4.25. The molecule has 2 nitrogen and oxygen atoms in total. The van der Waals surface area contributed by atoms with Gasteiger partial charge in [-0.25, -0.2) is 0 Å². The molecule has 9 aromatic carbocycles. The predicted molar refractivity (Wildman–Crippen MR) is 233 cm³/mol. The Morgan fingerprint density at radius 2 is 0.964 bits per heavy atom. The molecular weight excluding hydrogens is 665 g/mol. The number of hydrogen-bond donors (Lipinski definition) is 0. The van der Waals surface area contributed by atoms with E-state index in [0.717, 1.165) is 0 Å². The maximum atomic E-state index is 2.51. The van der Waals surface area contributed by atoms with E-state index >= 15 is 0 Å². The van der Waals surface area contributed by atoms with Crippen LogP contribution in [0.4, 0.5) is 0 Å². The van der Waals surface area contributed by atoms with Gasteiger partial charge in [-0.15, -0.1) is 0 Å². The summed E-state index contributed by atoms with van der Waals surface area (Å²) in [6, 6.07) is 67.7. The Balaban J connectivity index is 1.10. The number of hydrogen-bond acceptors (Lipinski definition) is 0. The molecule has 2 heterocycles. The molecule has 0 saturated heterocycles.